The smallest absolute Gasteiger partial charge is 0.0538 e. The number of anilines is 1. The summed E-state index contributed by atoms with van der Waals surface area (Å²) in [6, 6.07) is 3.43. The number of hydrogen-bond acceptors (Lipinski definition) is 3. The van der Waals surface area contributed by atoms with Crippen molar-refractivity contribution >= 4 is 21.6 Å². The first-order valence-corrected chi connectivity index (χ1v) is 6.52. The van der Waals surface area contributed by atoms with Crippen molar-refractivity contribution in [2.24, 2.45) is 0 Å². The van der Waals surface area contributed by atoms with Crippen molar-refractivity contribution in [3.05, 3.63) is 22.9 Å². The Morgan fingerprint density at radius 3 is 2.94 bits per heavy atom. The molecule has 1 atom stereocenters. The van der Waals surface area contributed by atoms with Crippen molar-refractivity contribution in [2.45, 2.75) is 31.8 Å². The Morgan fingerprint density at radius 1 is 1.56 bits per heavy atom. The van der Waals surface area contributed by atoms with Crippen LogP contribution in [0.5, 0.6) is 0 Å². The third-order valence-corrected chi connectivity index (χ3v) is 3.56. The van der Waals surface area contributed by atoms with Crippen molar-refractivity contribution in [3.8, 4) is 0 Å². The van der Waals surface area contributed by atoms with Gasteiger partial charge in [-0.3, -0.25) is 9.88 Å². The van der Waals surface area contributed by atoms with Crippen LogP contribution in [0.25, 0.3) is 0 Å². The lowest BCUT2D eigenvalue weighted by Gasteiger charge is -2.25. The van der Waals surface area contributed by atoms with E-state index >= 15 is 0 Å². The van der Waals surface area contributed by atoms with E-state index in [-0.39, 0.29) is 0 Å². The van der Waals surface area contributed by atoms with Gasteiger partial charge in [0.1, 0.15) is 0 Å². The first-order chi connectivity index (χ1) is 7.66. The molecule has 0 aromatic carbocycles. The van der Waals surface area contributed by atoms with E-state index in [1.54, 1.807) is 6.20 Å². The summed E-state index contributed by atoms with van der Waals surface area (Å²) in [6.07, 6.45) is 6.37. The number of rotatable bonds is 5. The average Bonchev–Trinajstić information content (AvgIpc) is 3.09. The van der Waals surface area contributed by atoms with Crippen LogP contribution in [0, 0.1) is 0 Å². The van der Waals surface area contributed by atoms with E-state index in [2.05, 4.69) is 51.2 Å². The summed E-state index contributed by atoms with van der Waals surface area (Å²) >= 11 is 3.42. The van der Waals surface area contributed by atoms with Crippen LogP contribution in [-0.2, 0) is 0 Å². The van der Waals surface area contributed by atoms with E-state index in [0.717, 1.165) is 22.7 Å². The highest BCUT2D eigenvalue weighted by atomic mass is 79.9. The lowest BCUT2D eigenvalue weighted by Crippen LogP contribution is -2.36. The lowest BCUT2D eigenvalue weighted by atomic mass is 10.3. The summed E-state index contributed by atoms with van der Waals surface area (Å²) in [5.74, 6) is 0. The summed E-state index contributed by atoms with van der Waals surface area (Å²) in [5, 5.41) is 3.41. The molecule has 1 aliphatic rings. The minimum atomic E-state index is 0.562. The molecule has 1 N–H and O–H groups in total. The zero-order valence-corrected chi connectivity index (χ0v) is 11.4. The maximum atomic E-state index is 4.13. The number of hydrogen-bond donors (Lipinski definition) is 1. The quantitative estimate of drug-likeness (QED) is 0.901. The maximum Gasteiger partial charge on any atom is 0.0538 e. The minimum Gasteiger partial charge on any atom is -0.382 e. The molecule has 88 valence electrons. The zero-order valence-electron chi connectivity index (χ0n) is 9.78. The molecule has 1 heterocycles. The minimum absolute atomic E-state index is 0.562. The molecule has 1 aliphatic carbocycles. The third-order valence-electron chi connectivity index (χ3n) is 3.12. The number of nitrogens with zero attached hydrogens (tertiary/aromatic N) is 2. The van der Waals surface area contributed by atoms with Crippen molar-refractivity contribution in [1.29, 1.82) is 0 Å². The monoisotopic (exact) mass is 283 g/mol. The molecule has 16 heavy (non-hydrogen) atoms. The summed E-state index contributed by atoms with van der Waals surface area (Å²) in [5.41, 5.74) is 1.07. The Balaban J connectivity index is 1.82. The third kappa shape index (κ3) is 3.19. The number of nitrogens with one attached hydrogen (secondary N) is 1. The van der Waals surface area contributed by atoms with E-state index in [4.69, 9.17) is 0 Å². The molecule has 0 saturated heterocycles. The van der Waals surface area contributed by atoms with Crippen LogP contribution in [0.2, 0.25) is 0 Å². The standard InChI is InChI=1S/C12H18BrN3/c1-9(16(2)12-3-4-12)6-15-11-5-10(13)7-14-8-11/h5,7-9,12,15H,3-4,6H2,1-2H3. The van der Waals surface area contributed by atoms with Crippen molar-refractivity contribution in [1.82, 2.24) is 9.88 Å². The van der Waals surface area contributed by atoms with Gasteiger partial charge in [0.2, 0.25) is 0 Å². The molecule has 2 rings (SSSR count). The molecule has 1 aromatic heterocycles. The average molecular weight is 284 g/mol. The van der Waals surface area contributed by atoms with Crippen LogP contribution in [-0.4, -0.2) is 35.6 Å². The molecular formula is C12H18BrN3. The molecular weight excluding hydrogens is 266 g/mol. The zero-order chi connectivity index (χ0) is 11.5. The first-order valence-electron chi connectivity index (χ1n) is 5.73. The van der Waals surface area contributed by atoms with Crippen LogP contribution in [0.15, 0.2) is 22.9 Å². The molecule has 0 amide bonds. The van der Waals surface area contributed by atoms with Crippen LogP contribution in [0.4, 0.5) is 5.69 Å². The van der Waals surface area contributed by atoms with E-state index in [1.807, 2.05) is 6.20 Å². The van der Waals surface area contributed by atoms with Crippen LogP contribution >= 0.6 is 15.9 Å². The summed E-state index contributed by atoms with van der Waals surface area (Å²) in [7, 11) is 2.21. The Morgan fingerprint density at radius 2 is 2.31 bits per heavy atom. The fourth-order valence-corrected chi connectivity index (χ4v) is 2.12. The number of aromatic nitrogens is 1. The van der Waals surface area contributed by atoms with Gasteiger partial charge in [-0.1, -0.05) is 0 Å². The predicted molar refractivity (Wildman–Crippen MR) is 70.7 cm³/mol. The fraction of sp³-hybridized carbons (Fsp3) is 0.583. The molecule has 0 spiro atoms. The Labute approximate surface area is 105 Å². The van der Waals surface area contributed by atoms with Gasteiger partial charge in [-0.2, -0.15) is 0 Å². The van der Waals surface area contributed by atoms with Gasteiger partial charge in [0.15, 0.2) is 0 Å². The topological polar surface area (TPSA) is 28.2 Å². The molecule has 1 aromatic rings. The largest absolute Gasteiger partial charge is 0.382 e. The van der Waals surface area contributed by atoms with Crippen LogP contribution in [0.1, 0.15) is 19.8 Å². The second-order valence-corrected chi connectivity index (χ2v) is 5.43. The summed E-state index contributed by atoms with van der Waals surface area (Å²) in [6.45, 7) is 3.22. The molecule has 0 aliphatic heterocycles. The van der Waals surface area contributed by atoms with E-state index in [0.29, 0.717) is 6.04 Å². The molecule has 1 saturated carbocycles. The molecule has 0 bridgehead atoms. The van der Waals surface area contributed by atoms with Gasteiger partial charge in [0, 0.05) is 29.3 Å². The molecule has 1 fully saturated rings. The highest BCUT2D eigenvalue weighted by Gasteiger charge is 2.28. The van der Waals surface area contributed by atoms with Gasteiger partial charge in [0.25, 0.3) is 0 Å². The van der Waals surface area contributed by atoms with Gasteiger partial charge >= 0.3 is 0 Å². The second-order valence-electron chi connectivity index (χ2n) is 4.52. The van der Waals surface area contributed by atoms with Crippen LogP contribution in [0.3, 0.4) is 0 Å². The molecule has 0 radical (unpaired) electrons. The summed E-state index contributed by atoms with van der Waals surface area (Å²) in [4.78, 5) is 6.59. The van der Waals surface area contributed by atoms with Gasteiger partial charge < -0.3 is 5.32 Å². The van der Waals surface area contributed by atoms with Crippen molar-refractivity contribution in [3.63, 3.8) is 0 Å². The Hall–Kier alpha value is -0.610. The van der Waals surface area contributed by atoms with Gasteiger partial charge in [-0.15, -0.1) is 0 Å². The van der Waals surface area contributed by atoms with Crippen LogP contribution < -0.4 is 5.32 Å². The van der Waals surface area contributed by atoms with Crippen molar-refractivity contribution < 1.29 is 0 Å². The normalized spacial score (nSPS) is 17.5. The fourth-order valence-electron chi connectivity index (χ4n) is 1.76. The van der Waals surface area contributed by atoms with E-state index in [9.17, 15) is 0 Å². The Kier molecular flexibility index (Phi) is 3.82. The number of likely N-dealkylation sites (N-methyl/N-ethyl adjacent to an activating group) is 1. The van der Waals surface area contributed by atoms with E-state index in [1.165, 1.54) is 12.8 Å². The van der Waals surface area contributed by atoms with E-state index < -0.39 is 0 Å². The lowest BCUT2D eigenvalue weighted by molar-refractivity contribution is 0.257. The number of halogens is 1. The summed E-state index contributed by atoms with van der Waals surface area (Å²) < 4.78 is 1.01. The number of pyridine rings is 1. The highest BCUT2D eigenvalue weighted by molar-refractivity contribution is 9.10. The Bertz CT molecular complexity index is 352. The van der Waals surface area contributed by atoms with Gasteiger partial charge in [-0.05, 0) is 48.8 Å². The predicted octanol–water partition coefficient (Wildman–Crippen LogP) is 2.74. The maximum absolute atomic E-state index is 4.13. The molecule has 4 heteroatoms. The van der Waals surface area contributed by atoms with Gasteiger partial charge in [0.05, 0.1) is 11.9 Å². The molecule has 1 unspecified atom stereocenters. The second kappa shape index (κ2) is 5.15. The SMILES string of the molecule is CC(CNc1cncc(Br)c1)N(C)C1CC1. The van der Waals surface area contributed by atoms with Crippen molar-refractivity contribution in [2.75, 3.05) is 18.9 Å². The highest BCUT2D eigenvalue weighted by Crippen LogP contribution is 2.27. The molecule has 3 nitrogen and oxygen atoms in total. The van der Waals surface area contributed by atoms with Gasteiger partial charge in [-0.25, -0.2) is 0 Å². The first kappa shape index (κ1) is 11.9.